The van der Waals surface area contributed by atoms with Gasteiger partial charge < -0.3 is 14.2 Å². The Morgan fingerprint density at radius 1 is 1.02 bits per heavy atom. The van der Waals surface area contributed by atoms with Gasteiger partial charge in [-0.15, -0.1) is 6.58 Å². The summed E-state index contributed by atoms with van der Waals surface area (Å²) in [6.45, 7) is 42.5. The third-order valence-corrected chi connectivity index (χ3v) is 13.2. The number of furan rings is 1. The minimum atomic E-state index is 0.0590. The highest BCUT2D eigenvalue weighted by Gasteiger charge is 2.40. The summed E-state index contributed by atoms with van der Waals surface area (Å²) in [5.41, 5.74) is 12.2. The number of allylic oxidation sites excluding steroid dienone is 10. The molecule has 0 saturated heterocycles. The first kappa shape index (κ1) is 44.4. The molecule has 1 aliphatic heterocycles. The van der Waals surface area contributed by atoms with Crippen LogP contribution in [-0.4, -0.2) is 24.8 Å². The first-order chi connectivity index (χ1) is 26.6. The van der Waals surface area contributed by atoms with E-state index in [9.17, 15) is 0 Å². The fraction of sp³-hybridized carbons (Fsp3) is 0.547. The van der Waals surface area contributed by atoms with Crippen LogP contribution in [0.25, 0.3) is 11.0 Å². The molecule has 4 heteroatoms. The summed E-state index contributed by atoms with van der Waals surface area (Å²) in [4.78, 5) is 5.08. The first-order valence-corrected chi connectivity index (χ1v) is 22.1. The summed E-state index contributed by atoms with van der Waals surface area (Å²) in [5.74, 6) is 2.28. The molecule has 3 aliphatic rings. The zero-order chi connectivity index (χ0) is 42.2. The number of hydrogen-bond donors (Lipinski definition) is 0. The Hall–Kier alpha value is -3.66. The molecule has 5 rings (SSSR count). The lowest BCUT2D eigenvalue weighted by Gasteiger charge is -2.42. The van der Waals surface area contributed by atoms with Crippen LogP contribution < -0.4 is 10.6 Å². The normalized spacial score (nSPS) is 24.6. The van der Waals surface area contributed by atoms with Crippen LogP contribution in [0, 0.1) is 35.0 Å². The standard InChI is InChI=1S/C53H76BN2O/c1-18-21-40-26-29-55(41-24-25-42(36(7)8)44(31-41)51(11,12)13)49-43-32-45-46(53(16,17)28-27-52(45,14)15)33-48(43)57-50(49)54-47(30-37(9)35(5)6)38(10)56(40)39(19-2)23-20-22-34(3)4/h18-22,24-26,30-36,39,42,44H,2,23,27-29H2,1,3-17H3/b21-18-,22-20+,37-30+,40-26+,47-38-. The molecule has 0 amide bonds. The van der Waals surface area contributed by atoms with E-state index in [1.807, 2.05) is 0 Å². The maximum Gasteiger partial charge on any atom is 0.246 e. The average Bonchev–Trinajstić information content (AvgIpc) is 3.47. The highest BCUT2D eigenvalue weighted by molar-refractivity contribution is 6.63. The lowest BCUT2D eigenvalue weighted by atomic mass is 9.62. The van der Waals surface area contributed by atoms with E-state index >= 15 is 0 Å². The summed E-state index contributed by atoms with van der Waals surface area (Å²) >= 11 is 0. The lowest BCUT2D eigenvalue weighted by Crippen LogP contribution is -2.38. The number of rotatable bonds is 10. The largest absolute Gasteiger partial charge is 0.469 e. The zero-order valence-corrected chi connectivity index (χ0v) is 38.8. The summed E-state index contributed by atoms with van der Waals surface area (Å²) in [7, 11) is 2.35. The highest BCUT2D eigenvalue weighted by Crippen LogP contribution is 2.49. The van der Waals surface area contributed by atoms with Crippen LogP contribution in [0.2, 0.25) is 0 Å². The Labute approximate surface area is 349 Å². The van der Waals surface area contributed by atoms with Crippen LogP contribution in [-0.2, 0) is 10.8 Å². The van der Waals surface area contributed by atoms with E-state index in [-0.39, 0.29) is 22.3 Å². The maximum absolute atomic E-state index is 7.24. The third-order valence-electron chi connectivity index (χ3n) is 13.2. The van der Waals surface area contributed by atoms with Crippen molar-refractivity contribution < 1.29 is 4.42 Å². The second kappa shape index (κ2) is 17.3. The van der Waals surface area contributed by atoms with Gasteiger partial charge in [-0.25, -0.2) is 0 Å². The van der Waals surface area contributed by atoms with Gasteiger partial charge in [0.15, 0.2) is 0 Å². The molecule has 0 saturated carbocycles. The summed E-state index contributed by atoms with van der Waals surface area (Å²) in [5, 5.41) is 1.20. The molecule has 307 valence electrons. The van der Waals surface area contributed by atoms with Crippen molar-refractivity contribution in [2.24, 2.45) is 35.0 Å². The van der Waals surface area contributed by atoms with E-state index in [0.717, 1.165) is 35.2 Å². The van der Waals surface area contributed by atoms with Gasteiger partial charge in [-0.2, -0.15) is 0 Å². The minimum absolute atomic E-state index is 0.0590. The van der Waals surface area contributed by atoms with Crippen LogP contribution in [0.1, 0.15) is 141 Å². The molecule has 3 nitrogen and oxygen atoms in total. The van der Waals surface area contributed by atoms with Gasteiger partial charge in [0.25, 0.3) is 0 Å². The van der Waals surface area contributed by atoms with E-state index in [1.54, 1.807) is 0 Å². The van der Waals surface area contributed by atoms with E-state index in [2.05, 4.69) is 207 Å². The van der Waals surface area contributed by atoms with Gasteiger partial charge in [0.2, 0.25) is 7.28 Å². The third kappa shape index (κ3) is 9.47. The predicted molar refractivity (Wildman–Crippen MR) is 251 cm³/mol. The van der Waals surface area contributed by atoms with Gasteiger partial charge in [-0.3, -0.25) is 0 Å². The Balaban J connectivity index is 1.91. The van der Waals surface area contributed by atoms with Gasteiger partial charge in [0.05, 0.1) is 17.4 Å². The number of benzene rings is 1. The Morgan fingerprint density at radius 3 is 2.23 bits per heavy atom. The maximum atomic E-state index is 7.24. The van der Waals surface area contributed by atoms with Crippen molar-refractivity contribution in [3.05, 3.63) is 119 Å². The smallest absolute Gasteiger partial charge is 0.246 e. The van der Waals surface area contributed by atoms with Crippen molar-refractivity contribution in [3.63, 3.8) is 0 Å². The van der Waals surface area contributed by atoms with Crippen molar-refractivity contribution in [3.8, 4) is 0 Å². The predicted octanol–water partition coefficient (Wildman–Crippen LogP) is 14.1. The van der Waals surface area contributed by atoms with Crippen molar-refractivity contribution in [1.29, 1.82) is 0 Å². The number of fused-ring (bicyclic) bond motifs is 4. The van der Waals surface area contributed by atoms with Gasteiger partial charge in [-0.05, 0) is 127 Å². The van der Waals surface area contributed by atoms with Gasteiger partial charge in [0, 0.05) is 29.0 Å². The second-order valence-electron chi connectivity index (χ2n) is 20.7. The van der Waals surface area contributed by atoms with E-state index in [1.165, 1.54) is 45.6 Å². The van der Waals surface area contributed by atoms with Crippen LogP contribution >= 0.6 is 0 Å². The molecule has 2 heterocycles. The molecular weight excluding hydrogens is 691 g/mol. The quantitative estimate of drug-likeness (QED) is 0.177. The van der Waals surface area contributed by atoms with Crippen LogP contribution in [0.15, 0.2) is 112 Å². The van der Waals surface area contributed by atoms with Gasteiger partial charge in [0.1, 0.15) is 5.58 Å². The lowest BCUT2D eigenvalue weighted by molar-refractivity contribution is 0.197. The number of anilines is 1. The molecule has 0 bridgehead atoms. The highest BCUT2D eigenvalue weighted by atomic mass is 16.3. The summed E-state index contributed by atoms with van der Waals surface area (Å²) in [6, 6.07) is 4.97. The Morgan fingerprint density at radius 2 is 1.67 bits per heavy atom. The molecule has 2 aromatic rings. The number of hydrogen-bond acceptors (Lipinski definition) is 3. The van der Waals surface area contributed by atoms with Crippen LogP contribution in [0.4, 0.5) is 5.69 Å². The molecule has 3 unspecified atom stereocenters. The minimum Gasteiger partial charge on any atom is -0.469 e. The fourth-order valence-corrected chi connectivity index (χ4v) is 9.17. The van der Waals surface area contributed by atoms with Crippen molar-refractivity contribution in [2.45, 2.75) is 147 Å². The van der Waals surface area contributed by atoms with Crippen LogP contribution in [0.5, 0.6) is 0 Å². The summed E-state index contributed by atoms with van der Waals surface area (Å²) < 4.78 is 7.24. The zero-order valence-electron chi connectivity index (χ0n) is 38.8. The van der Waals surface area contributed by atoms with Crippen molar-refractivity contribution >= 4 is 29.6 Å². The monoisotopic (exact) mass is 768 g/mol. The molecule has 1 radical (unpaired) electrons. The molecule has 3 atom stereocenters. The molecule has 0 N–H and O–H groups in total. The van der Waals surface area contributed by atoms with Crippen molar-refractivity contribution in [2.75, 3.05) is 11.4 Å². The van der Waals surface area contributed by atoms with Crippen molar-refractivity contribution in [1.82, 2.24) is 4.90 Å². The molecule has 57 heavy (non-hydrogen) atoms. The molecule has 1 aromatic heterocycles. The molecule has 0 spiro atoms. The molecule has 1 aromatic carbocycles. The van der Waals surface area contributed by atoms with E-state index < -0.39 is 0 Å². The fourth-order valence-electron chi connectivity index (χ4n) is 9.17. The van der Waals surface area contributed by atoms with Gasteiger partial charge >= 0.3 is 0 Å². The SMILES string of the molecule is C=CC(C/C=C/C(C)C)N1C(/C=C\C)=C/CN(C2=CC(C(C)(C)C)C(C(C)C)C=C2)c2c(oc3cc4c(cc23)C(C)(C)CCC4(C)C)[B]C(/C=C(\C)C(C)C)=C\1C. The molecule has 2 aliphatic carbocycles. The van der Waals surface area contributed by atoms with E-state index in [0.29, 0.717) is 36.1 Å². The Kier molecular flexibility index (Phi) is 13.5. The second-order valence-corrected chi connectivity index (χ2v) is 20.7. The average molecular weight is 768 g/mol. The Bertz CT molecular complexity index is 2010. The summed E-state index contributed by atoms with van der Waals surface area (Å²) in [6.07, 6.45) is 26.8. The van der Waals surface area contributed by atoms with Gasteiger partial charge in [-0.1, -0.05) is 144 Å². The first-order valence-electron chi connectivity index (χ1n) is 22.1. The molecule has 0 fully saturated rings. The van der Waals surface area contributed by atoms with E-state index in [4.69, 9.17) is 4.42 Å². The number of nitrogens with zero attached hydrogens (tertiary/aromatic N) is 2. The topological polar surface area (TPSA) is 19.6 Å². The molecular formula is C53H76BN2O. The van der Waals surface area contributed by atoms with Crippen LogP contribution in [0.3, 0.4) is 0 Å².